The van der Waals surface area contributed by atoms with E-state index in [9.17, 15) is 0 Å². The molecule has 0 atom stereocenters. The summed E-state index contributed by atoms with van der Waals surface area (Å²) in [6.07, 6.45) is 2.10. The fourth-order valence-electron chi connectivity index (χ4n) is 0. The zero-order chi connectivity index (χ0) is 5.21. The minimum Gasteiger partial charge on any atom is -0.0856 e. The molecule has 0 aliphatic carbocycles. The third kappa shape index (κ3) is 4.48. The first-order valence-corrected chi connectivity index (χ1v) is 2.85. The van der Waals surface area contributed by atoms with Crippen molar-refractivity contribution < 1.29 is 0 Å². The van der Waals surface area contributed by atoms with Crippen molar-refractivity contribution >= 4 is 15.9 Å². The van der Waals surface area contributed by atoms with Crippen LogP contribution in [-0.4, -0.2) is 4.32 Å². The maximum Gasteiger partial charge on any atom is 0.0230 e. The lowest BCUT2D eigenvalue weighted by Gasteiger charge is -2.09. The molecule has 0 nitrogen and oxygen atoms in total. The van der Waals surface area contributed by atoms with Gasteiger partial charge in [0.05, 0.1) is 0 Å². The van der Waals surface area contributed by atoms with Crippen LogP contribution in [0.2, 0.25) is 0 Å². The molecule has 0 aromatic carbocycles. The lowest BCUT2D eigenvalue weighted by atomic mass is 10.2. The summed E-state index contributed by atoms with van der Waals surface area (Å²) in [6, 6.07) is 0. The Morgan fingerprint density at radius 3 is 1.67 bits per heavy atom. The summed E-state index contributed by atoms with van der Waals surface area (Å²) >= 11 is 3.42. The quantitative estimate of drug-likeness (QED) is 0.503. The van der Waals surface area contributed by atoms with Gasteiger partial charge in [-0.1, -0.05) is 22.9 Å². The Hall–Kier alpha value is 0.480. The van der Waals surface area contributed by atoms with Crippen LogP contribution in [-0.2, 0) is 0 Å². The van der Waals surface area contributed by atoms with E-state index >= 15 is 0 Å². The monoisotopic (exact) mass is 149 g/mol. The van der Waals surface area contributed by atoms with Crippen molar-refractivity contribution in [3.05, 3.63) is 6.42 Å². The second-order valence-electron chi connectivity index (χ2n) is 1.85. The molecule has 0 aromatic heterocycles. The van der Waals surface area contributed by atoms with Gasteiger partial charge in [0, 0.05) is 4.32 Å². The van der Waals surface area contributed by atoms with Gasteiger partial charge < -0.3 is 0 Å². The van der Waals surface area contributed by atoms with Gasteiger partial charge in [-0.15, -0.1) is 0 Å². The molecule has 0 bridgehead atoms. The zero-order valence-corrected chi connectivity index (χ0v) is 6.04. The molecular weight excluding hydrogens is 140 g/mol. The topological polar surface area (TPSA) is 0 Å². The first kappa shape index (κ1) is 6.48. The normalized spacial score (nSPS) is 12.0. The van der Waals surface area contributed by atoms with Crippen molar-refractivity contribution in [3.63, 3.8) is 0 Å². The lowest BCUT2D eigenvalue weighted by molar-refractivity contribution is 0.846. The Balaban J connectivity index is 3.17. The van der Waals surface area contributed by atoms with Crippen LogP contribution in [0, 0.1) is 6.42 Å². The Morgan fingerprint density at radius 1 is 1.50 bits per heavy atom. The predicted molar refractivity (Wildman–Crippen MR) is 33.0 cm³/mol. The Bertz CT molecular complexity index is 33.7. The van der Waals surface area contributed by atoms with Crippen LogP contribution >= 0.6 is 15.9 Å². The minimum absolute atomic E-state index is 0.229. The standard InChI is InChI=1S/C5H10Br/c1-4-5(2,3)6/h4H,1-3H3. The fraction of sp³-hybridized carbons (Fsp3) is 0.800. The number of alkyl halides is 1. The van der Waals surface area contributed by atoms with Gasteiger partial charge in [0.2, 0.25) is 0 Å². The van der Waals surface area contributed by atoms with Crippen molar-refractivity contribution in [1.29, 1.82) is 0 Å². The molecule has 0 fully saturated rings. The molecule has 0 N–H and O–H groups in total. The van der Waals surface area contributed by atoms with Crippen molar-refractivity contribution in [2.24, 2.45) is 0 Å². The second-order valence-corrected chi connectivity index (χ2v) is 3.90. The Morgan fingerprint density at radius 2 is 1.67 bits per heavy atom. The van der Waals surface area contributed by atoms with E-state index in [0.29, 0.717) is 0 Å². The van der Waals surface area contributed by atoms with Gasteiger partial charge in [-0.3, -0.25) is 0 Å². The minimum atomic E-state index is 0.229. The molecule has 0 saturated carbocycles. The van der Waals surface area contributed by atoms with Crippen molar-refractivity contribution in [2.75, 3.05) is 0 Å². The molecule has 0 amide bonds. The maximum atomic E-state index is 3.42. The lowest BCUT2D eigenvalue weighted by Crippen LogP contribution is -2.05. The van der Waals surface area contributed by atoms with Gasteiger partial charge in [0.1, 0.15) is 0 Å². The van der Waals surface area contributed by atoms with E-state index in [1.54, 1.807) is 0 Å². The van der Waals surface area contributed by atoms with Crippen LogP contribution in [0.3, 0.4) is 0 Å². The van der Waals surface area contributed by atoms with Crippen molar-refractivity contribution in [3.8, 4) is 0 Å². The molecular formula is C5H10Br. The highest BCUT2D eigenvalue weighted by molar-refractivity contribution is 9.10. The molecule has 0 rings (SSSR count). The SMILES string of the molecule is C[CH]C(C)(C)Br. The summed E-state index contributed by atoms with van der Waals surface area (Å²) in [5.41, 5.74) is 0. The summed E-state index contributed by atoms with van der Waals surface area (Å²) < 4.78 is 0.229. The molecule has 0 unspecified atom stereocenters. The van der Waals surface area contributed by atoms with E-state index in [2.05, 4.69) is 36.2 Å². The van der Waals surface area contributed by atoms with E-state index in [0.717, 1.165) is 0 Å². The molecule has 37 valence electrons. The van der Waals surface area contributed by atoms with Gasteiger partial charge in [0.15, 0.2) is 0 Å². The largest absolute Gasteiger partial charge is 0.0856 e. The fourth-order valence-corrected chi connectivity index (χ4v) is 0. The average Bonchev–Trinajstić information content (AvgIpc) is 1.35. The Labute approximate surface area is 48.1 Å². The molecule has 0 heterocycles. The summed E-state index contributed by atoms with van der Waals surface area (Å²) in [5.74, 6) is 0. The van der Waals surface area contributed by atoms with E-state index < -0.39 is 0 Å². The van der Waals surface area contributed by atoms with E-state index in [4.69, 9.17) is 0 Å². The van der Waals surface area contributed by atoms with Crippen LogP contribution in [0.5, 0.6) is 0 Å². The molecule has 0 aromatic rings. The molecule has 1 radical (unpaired) electrons. The van der Waals surface area contributed by atoms with Crippen LogP contribution in [0.1, 0.15) is 20.8 Å². The molecule has 0 aliphatic heterocycles. The second kappa shape index (κ2) is 1.97. The molecule has 0 aliphatic rings. The van der Waals surface area contributed by atoms with Crippen molar-refractivity contribution in [2.45, 2.75) is 25.1 Å². The summed E-state index contributed by atoms with van der Waals surface area (Å²) in [5, 5.41) is 0. The Kier molecular flexibility index (Phi) is 2.12. The first-order chi connectivity index (χ1) is 2.56. The summed E-state index contributed by atoms with van der Waals surface area (Å²) in [7, 11) is 0. The van der Waals surface area contributed by atoms with Gasteiger partial charge in [-0.25, -0.2) is 0 Å². The average molecular weight is 150 g/mol. The highest BCUT2D eigenvalue weighted by atomic mass is 79.9. The van der Waals surface area contributed by atoms with Crippen LogP contribution < -0.4 is 0 Å². The number of hydrogen-bond donors (Lipinski definition) is 0. The van der Waals surface area contributed by atoms with Crippen LogP contribution in [0.4, 0.5) is 0 Å². The highest BCUT2D eigenvalue weighted by Gasteiger charge is 2.06. The third-order valence-electron chi connectivity index (χ3n) is 0.686. The van der Waals surface area contributed by atoms with Gasteiger partial charge in [-0.05, 0) is 20.3 Å². The summed E-state index contributed by atoms with van der Waals surface area (Å²) in [4.78, 5) is 0. The molecule has 0 spiro atoms. The number of halogens is 1. The van der Waals surface area contributed by atoms with E-state index in [-0.39, 0.29) is 4.32 Å². The van der Waals surface area contributed by atoms with Crippen LogP contribution in [0.25, 0.3) is 0 Å². The first-order valence-electron chi connectivity index (χ1n) is 2.06. The van der Waals surface area contributed by atoms with E-state index in [1.807, 2.05) is 6.92 Å². The van der Waals surface area contributed by atoms with Gasteiger partial charge in [0.25, 0.3) is 0 Å². The van der Waals surface area contributed by atoms with Gasteiger partial charge in [-0.2, -0.15) is 0 Å². The number of rotatable bonds is 1. The maximum absolute atomic E-state index is 3.42. The molecule has 0 saturated heterocycles. The predicted octanol–water partition coefficient (Wildman–Crippen LogP) is 2.38. The van der Waals surface area contributed by atoms with Crippen LogP contribution in [0.15, 0.2) is 0 Å². The van der Waals surface area contributed by atoms with Crippen molar-refractivity contribution in [1.82, 2.24) is 0 Å². The van der Waals surface area contributed by atoms with E-state index in [1.165, 1.54) is 0 Å². The third-order valence-corrected chi connectivity index (χ3v) is 1.14. The summed E-state index contributed by atoms with van der Waals surface area (Å²) in [6.45, 7) is 6.24. The smallest absolute Gasteiger partial charge is 0.0230 e. The van der Waals surface area contributed by atoms with Gasteiger partial charge >= 0.3 is 0 Å². The molecule has 1 heteroatoms. The highest BCUT2D eigenvalue weighted by Crippen LogP contribution is 2.17. The number of hydrogen-bond acceptors (Lipinski definition) is 0. The zero-order valence-electron chi connectivity index (χ0n) is 4.46. The molecule has 6 heavy (non-hydrogen) atoms.